The predicted molar refractivity (Wildman–Crippen MR) is 77.8 cm³/mol. The van der Waals surface area contributed by atoms with Crippen molar-refractivity contribution in [3.63, 3.8) is 0 Å². The van der Waals surface area contributed by atoms with Crippen LogP contribution in [0.2, 0.25) is 0 Å². The lowest BCUT2D eigenvalue weighted by Crippen LogP contribution is -2.13. The number of nitrogens with one attached hydrogen (secondary N) is 2. The Labute approximate surface area is 115 Å². The molecular weight excluding hydrogens is 276 g/mol. The Hall–Kier alpha value is -2.54. The average Bonchev–Trinajstić information content (AvgIpc) is 2.88. The molecule has 0 aliphatic heterocycles. The van der Waals surface area contributed by atoms with E-state index in [0.29, 0.717) is 16.8 Å². The third-order valence-corrected chi connectivity index (χ3v) is 4.26. The minimum Gasteiger partial charge on any atom is -0.399 e. The fraction of sp³-hybridized carbons (Fsp3) is 0. The van der Waals surface area contributed by atoms with E-state index in [0.717, 1.165) is 5.52 Å². The lowest BCUT2D eigenvalue weighted by Gasteiger charge is -2.09. The van der Waals surface area contributed by atoms with Gasteiger partial charge in [0.1, 0.15) is 0 Å². The molecule has 0 atom stereocenters. The molecule has 3 aromatic rings. The highest BCUT2D eigenvalue weighted by atomic mass is 32.2. The summed E-state index contributed by atoms with van der Waals surface area (Å²) in [4.78, 5) is 0.123. The number of benzene rings is 2. The number of sulfonamides is 1. The topological polar surface area (TPSA) is 101 Å². The summed E-state index contributed by atoms with van der Waals surface area (Å²) in [6.45, 7) is 0. The van der Waals surface area contributed by atoms with Crippen LogP contribution in [-0.4, -0.2) is 18.6 Å². The van der Waals surface area contributed by atoms with E-state index in [-0.39, 0.29) is 4.90 Å². The third-order valence-electron chi connectivity index (χ3n) is 2.90. The zero-order valence-corrected chi connectivity index (χ0v) is 11.2. The van der Waals surface area contributed by atoms with Gasteiger partial charge in [-0.1, -0.05) is 12.1 Å². The van der Waals surface area contributed by atoms with Crippen molar-refractivity contribution < 1.29 is 8.42 Å². The van der Waals surface area contributed by atoms with Gasteiger partial charge < -0.3 is 5.73 Å². The fourth-order valence-corrected chi connectivity index (χ4v) is 3.08. The molecule has 1 heterocycles. The smallest absolute Gasteiger partial charge is 0.261 e. The zero-order chi connectivity index (χ0) is 14.2. The Morgan fingerprint density at radius 2 is 1.95 bits per heavy atom. The van der Waals surface area contributed by atoms with Gasteiger partial charge in [0.05, 0.1) is 22.3 Å². The number of nitrogen functional groups attached to an aromatic ring is 1. The molecule has 1 aromatic heterocycles. The molecular formula is C13H12N4O2S. The molecule has 6 nitrogen and oxygen atoms in total. The molecule has 0 radical (unpaired) electrons. The maximum Gasteiger partial charge on any atom is 0.261 e. The van der Waals surface area contributed by atoms with Crippen molar-refractivity contribution in [2.75, 3.05) is 10.5 Å². The van der Waals surface area contributed by atoms with Crippen LogP contribution in [0.25, 0.3) is 10.9 Å². The van der Waals surface area contributed by atoms with Gasteiger partial charge in [-0.25, -0.2) is 8.42 Å². The van der Waals surface area contributed by atoms with E-state index in [4.69, 9.17) is 5.73 Å². The van der Waals surface area contributed by atoms with Crippen LogP contribution in [0.5, 0.6) is 0 Å². The number of H-pyrrole nitrogens is 1. The molecule has 0 aliphatic carbocycles. The lowest BCUT2D eigenvalue weighted by atomic mass is 10.2. The molecule has 102 valence electrons. The number of rotatable bonds is 3. The summed E-state index contributed by atoms with van der Waals surface area (Å²) in [5.74, 6) is 0. The van der Waals surface area contributed by atoms with Crippen molar-refractivity contribution in [2.24, 2.45) is 0 Å². The lowest BCUT2D eigenvalue weighted by molar-refractivity contribution is 0.601. The van der Waals surface area contributed by atoms with Crippen LogP contribution in [0.3, 0.4) is 0 Å². The molecule has 0 bridgehead atoms. The number of anilines is 2. The van der Waals surface area contributed by atoms with Crippen LogP contribution in [0.15, 0.2) is 53.6 Å². The van der Waals surface area contributed by atoms with E-state index in [1.54, 1.807) is 30.5 Å². The first-order chi connectivity index (χ1) is 9.56. The normalized spacial score (nSPS) is 11.6. The monoisotopic (exact) mass is 288 g/mol. The molecule has 3 rings (SSSR count). The molecule has 2 aromatic carbocycles. The summed E-state index contributed by atoms with van der Waals surface area (Å²) in [6, 6.07) is 11.4. The number of aromatic amines is 1. The minimum absolute atomic E-state index is 0.123. The predicted octanol–water partition coefficient (Wildman–Crippen LogP) is 1.95. The SMILES string of the molecule is Nc1cccc(S(=O)(=O)Nc2cccc3[nH]ncc23)c1. The third kappa shape index (κ3) is 2.19. The van der Waals surface area contributed by atoms with Gasteiger partial charge in [0.25, 0.3) is 10.0 Å². The van der Waals surface area contributed by atoms with Crippen LogP contribution in [0.4, 0.5) is 11.4 Å². The summed E-state index contributed by atoms with van der Waals surface area (Å²) < 4.78 is 27.2. The van der Waals surface area contributed by atoms with E-state index in [1.165, 1.54) is 12.1 Å². The number of nitrogens with zero attached hydrogens (tertiary/aromatic N) is 1. The fourth-order valence-electron chi connectivity index (χ4n) is 1.94. The number of hydrogen-bond acceptors (Lipinski definition) is 4. The van der Waals surface area contributed by atoms with Gasteiger partial charge in [0.2, 0.25) is 0 Å². The van der Waals surface area contributed by atoms with Gasteiger partial charge in [-0.2, -0.15) is 5.10 Å². The summed E-state index contributed by atoms with van der Waals surface area (Å²) in [5.41, 5.74) is 7.25. The van der Waals surface area contributed by atoms with E-state index in [9.17, 15) is 8.42 Å². The highest BCUT2D eigenvalue weighted by Gasteiger charge is 2.16. The zero-order valence-electron chi connectivity index (χ0n) is 10.4. The van der Waals surface area contributed by atoms with E-state index in [2.05, 4.69) is 14.9 Å². The Morgan fingerprint density at radius 1 is 1.15 bits per heavy atom. The van der Waals surface area contributed by atoms with Crippen molar-refractivity contribution in [1.82, 2.24) is 10.2 Å². The Balaban J connectivity index is 2.04. The molecule has 0 saturated heterocycles. The van der Waals surface area contributed by atoms with Crippen LogP contribution >= 0.6 is 0 Å². The molecule has 0 saturated carbocycles. The number of hydrogen-bond donors (Lipinski definition) is 3. The first-order valence-corrected chi connectivity index (χ1v) is 7.35. The molecule has 0 aliphatic rings. The van der Waals surface area contributed by atoms with Gasteiger partial charge in [-0.15, -0.1) is 0 Å². The van der Waals surface area contributed by atoms with Crippen molar-refractivity contribution >= 4 is 32.3 Å². The highest BCUT2D eigenvalue weighted by molar-refractivity contribution is 7.92. The van der Waals surface area contributed by atoms with Crippen molar-refractivity contribution in [3.8, 4) is 0 Å². The summed E-state index contributed by atoms with van der Waals surface area (Å²) in [5, 5.41) is 7.40. The van der Waals surface area contributed by atoms with Gasteiger partial charge in [0, 0.05) is 11.1 Å². The number of nitrogens with two attached hydrogens (primary N) is 1. The Kier molecular flexibility index (Phi) is 2.83. The van der Waals surface area contributed by atoms with Gasteiger partial charge >= 0.3 is 0 Å². The Morgan fingerprint density at radius 3 is 2.75 bits per heavy atom. The quantitative estimate of drug-likeness (QED) is 0.641. The van der Waals surface area contributed by atoms with Crippen molar-refractivity contribution in [3.05, 3.63) is 48.7 Å². The first kappa shape index (κ1) is 12.5. The minimum atomic E-state index is -3.68. The second-order valence-corrected chi connectivity index (χ2v) is 6.00. The second kappa shape index (κ2) is 4.53. The van der Waals surface area contributed by atoms with Crippen LogP contribution < -0.4 is 10.5 Å². The number of fused-ring (bicyclic) bond motifs is 1. The van der Waals surface area contributed by atoms with Crippen molar-refractivity contribution in [1.29, 1.82) is 0 Å². The molecule has 0 amide bonds. The number of aromatic nitrogens is 2. The molecule has 7 heteroatoms. The average molecular weight is 288 g/mol. The van der Waals surface area contributed by atoms with Gasteiger partial charge in [-0.3, -0.25) is 9.82 Å². The molecule has 4 N–H and O–H groups in total. The molecule has 0 unspecified atom stereocenters. The Bertz CT molecular complexity index is 871. The van der Waals surface area contributed by atoms with E-state index < -0.39 is 10.0 Å². The van der Waals surface area contributed by atoms with Gasteiger partial charge in [0.15, 0.2) is 0 Å². The molecule has 20 heavy (non-hydrogen) atoms. The summed E-state index contributed by atoms with van der Waals surface area (Å²) in [6.07, 6.45) is 1.58. The maximum atomic E-state index is 12.3. The van der Waals surface area contributed by atoms with Crippen molar-refractivity contribution in [2.45, 2.75) is 4.90 Å². The second-order valence-electron chi connectivity index (χ2n) is 4.31. The molecule has 0 spiro atoms. The van der Waals surface area contributed by atoms with Crippen LogP contribution in [0, 0.1) is 0 Å². The molecule has 0 fully saturated rings. The van der Waals surface area contributed by atoms with E-state index in [1.807, 2.05) is 6.07 Å². The highest BCUT2D eigenvalue weighted by Crippen LogP contribution is 2.24. The van der Waals surface area contributed by atoms with Gasteiger partial charge in [-0.05, 0) is 30.3 Å². The largest absolute Gasteiger partial charge is 0.399 e. The van der Waals surface area contributed by atoms with Crippen LogP contribution in [-0.2, 0) is 10.0 Å². The maximum absolute atomic E-state index is 12.3. The first-order valence-electron chi connectivity index (χ1n) is 5.87. The van der Waals surface area contributed by atoms with E-state index >= 15 is 0 Å². The van der Waals surface area contributed by atoms with Crippen LogP contribution in [0.1, 0.15) is 0 Å². The summed E-state index contributed by atoms with van der Waals surface area (Å²) in [7, 11) is -3.68. The summed E-state index contributed by atoms with van der Waals surface area (Å²) >= 11 is 0. The standard InChI is InChI=1S/C13H12N4O2S/c14-9-3-1-4-10(7-9)20(18,19)17-13-6-2-5-12-11(13)8-15-16-12/h1-8,17H,14H2,(H,15,16).